The Hall–Kier alpha value is -2.62. The molecule has 0 fully saturated rings. The van der Waals surface area contributed by atoms with Gasteiger partial charge in [-0.15, -0.1) is 0 Å². The molecule has 4 heteroatoms. The zero-order chi connectivity index (χ0) is 17.4. The maximum Gasteiger partial charge on any atom is 0.203 e. The topological polar surface area (TPSA) is 36.9 Å². The van der Waals surface area contributed by atoms with E-state index in [9.17, 15) is 0 Å². The summed E-state index contributed by atoms with van der Waals surface area (Å²) in [6.07, 6.45) is 6.01. The highest BCUT2D eigenvalue weighted by Crippen LogP contribution is 2.40. The van der Waals surface area contributed by atoms with Gasteiger partial charge >= 0.3 is 0 Å². The Balaban J connectivity index is 2.04. The summed E-state index contributed by atoms with van der Waals surface area (Å²) in [7, 11) is 6.55. The average molecular weight is 328 g/mol. The number of ether oxygens (including phenoxy) is 4. The molecule has 2 rings (SSSR count). The van der Waals surface area contributed by atoms with E-state index in [4.69, 9.17) is 18.9 Å². The molecule has 0 aliphatic rings. The summed E-state index contributed by atoms with van der Waals surface area (Å²) in [6, 6.07) is 11.9. The molecule has 0 saturated carbocycles. The van der Waals surface area contributed by atoms with E-state index in [1.807, 2.05) is 36.4 Å². The summed E-state index contributed by atoms with van der Waals surface area (Å²) in [5.74, 6) is 2.90. The van der Waals surface area contributed by atoms with Gasteiger partial charge in [-0.1, -0.05) is 30.4 Å². The lowest BCUT2D eigenvalue weighted by Crippen LogP contribution is -1.98. The summed E-state index contributed by atoms with van der Waals surface area (Å²) in [4.78, 5) is 0. The van der Waals surface area contributed by atoms with Gasteiger partial charge in [-0.05, 0) is 42.2 Å². The predicted octanol–water partition coefficient (Wildman–Crippen LogP) is 4.37. The van der Waals surface area contributed by atoms with Crippen LogP contribution in [0.3, 0.4) is 0 Å². The molecule has 128 valence electrons. The van der Waals surface area contributed by atoms with Crippen molar-refractivity contribution < 1.29 is 18.9 Å². The van der Waals surface area contributed by atoms with Gasteiger partial charge in [-0.2, -0.15) is 0 Å². The first kappa shape index (κ1) is 17.7. The molecule has 0 radical (unpaired) electrons. The zero-order valence-corrected chi connectivity index (χ0v) is 14.7. The maximum atomic E-state index is 5.51. The molecule has 0 aromatic heterocycles. The minimum Gasteiger partial charge on any atom is -0.497 e. The Morgan fingerprint density at radius 2 is 1.46 bits per heavy atom. The van der Waals surface area contributed by atoms with Crippen molar-refractivity contribution in [3.63, 3.8) is 0 Å². The first-order chi connectivity index (χ1) is 11.7. The summed E-state index contributed by atoms with van der Waals surface area (Å²) in [6.45, 7) is 0. The molecule has 2 aromatic carbocycles. The standard InChI is InChI=1S/C20H24O4/c1-21-17-12-9-15(10-13-17)7-5-6-8-16-11-14-18(22-2)20(24-4)19(16)23-3/h5,7,9-14H,6,8H2,1-4H3. The van der Waals surface area contributed by atoms with E-state index in [2.05, 4.69) is 12.2 Å². The highest BCUT2D eigenvalue weighted by Gasteiger charge is 2.14. The van der Waals surface area contributed by atoms with E-state index in [0.29, 0.717) is 11.5 Å². The quantitative estimate of drug-likeness (QED) is 0.721. The number of rotatable bonds is 8. The molecule has 0 unspecified atom stereocenters. The van der Waals surface area contributed by atoms with E-state index in [1.165, 1.54) is 0 Å². The number of methoxy groups -OCH3 is 4. The lowest BCUT2D eigenvalue weighted by molar-refractivity contribution is 0.322. The van der Waals surface area contributed by atoms with Crippen LogP contribution in [0, 0.1) is 0 Å². The number of hydrogen-bond acceptors (Lipinski definition) is 4. The fourth-order valence-corrected chi connectivity index (χ4v) is 2.53. The zero-order valence-electron chi connectivity index (χ0n) is 14.7. The molecular formula is C20H24O4. The Morgan fingerprint density at radius 1 is 0.750 bits per heavy atom. The van der Waals surface area contributed by atoms with Crippen LogP contribution in [-0.2, 0) is 6.42 Å². The monoisotopic (exact) mass is 328 g/mol. The van der Waals surface area contributed by atoms with Crippen LogP contribution in [0.5, 0.6) is 23.0 Å². The van der Waals surface area contributed by atoms with Crippen molar-refractivity contribution in [2.24, 2.45) is 0 Å². The first-order valence-corrected chi connectivity index (χ1v) is 7.82. The lowest BCUT2D eigenvalue weighted by atomic mass is 10.1. The first-order valence-electron chi connectivity index (χ1n) is 7.82. The Labute approximate surface area is 143 Å². The smallest absolute Gasteiger partial charge is 0.203 e. The van der Waals surface area contributed by atoms with E-state index >= 15 is 0 Å². The van der Waals surface area contributed by atoms with Crippen molar-refractivity contribution in [2.75, 3.05) is 28.4 Å². The second-order valence-electron chi connectivity index (χ2n) is 5.21. The van der Waals surface area contributed by atoms with Gasteiger partial charge in [-0.25, -0.2) is 0 Å². The largest absolute Gasteiger partial charge is 0.497 e. The second-order valence-corrected chi connectivity index (χ2v) is 5.21. The van der Waals surface area contributed by atoms with Crippen LogP contribution >= 0.6 is 0 Å². The van der Waals surface area contributed by atoms with Crippen LogP contribution in [0.2, 0.25) is 0 Å². The fraction of sp³-hybridized carbons (Fsp3) is 0.300. The van der Waals surface area contributed by atoms with Crippen molar-refractivity contribution in [1.82, 2.24) is 0 Å². The third kappa shape index (κ3) is 4.22. The van der Waals surface area contributed by atoms with Gasteiger partial charge in [0.15, 0.2) is 11.5 Å². The van der Waals surface area contributed by atoms with Crippen LogP contribution in [0.25, 0.3) is 6.08 Å². The molecule has 0 heterocycles. The molecule has 0 amide bonds. The minimum absolute atomic E-state index is 0.636. The molecule has 2 aromatic rings. The third-order valence-electron chi connectivity index (χ3n) is 3.79. The van der Waals surface area contributed by atoms with Gasteiger partial charge in [0.05, 0.1) is 28.4 Å². The molecule has 24 heavy (non-hydrogen) atoms. The van der Waals surface area contributed by atoms with Gasteiger partial charge in [-0.3, -0.25) is 0 Å². The highest BCUT2D eigenvalue weighted by molar-refractivity contribution is 5.56. The Bertz CT molecular complexity index is 675. The molecule has 0 saturated heterocycles. The highest BCUT2D eigenvalue weighted by atomic mass is 16.5. The summed E-state index contributed by atoms with van der Waals surface area (Å²) < 4.78 is 21.4. The Morgan fingerprint density at radius 3 is 2.04 bits per heavy atom. The molecule has 4 nitrogen and oxygen atoms in total. The maximum absolute atomic E-state index is 5.51. The normalized spacial score (nSPS) is 10.7. The predicted molar refractivity (Wildman–Crippen MR) is 96.4 cm³/mol. The molecule has 0 N–H and O–H groups in total. The van der Waals surface area contributed by atoms with Crippen LogP contribution in [-0.4, -0.2) is 28.4 Å². The summed E-state index contributed by atoms with van der Waals surface area (Å²) in [5.41, 5.74) is 2.24. The molecular weight excluding hydrogens is 304 g/mol. The Kier molecular flexibility index (Phi) is 6.55. The average Bonchev–Trinajstić information content (AvgIpc) is 2.64. The third-order valence-corrected chi connectivity index (χ3v) is 3.79. The van der Waals surface area contributed by atoms with Gasteiger partial charge in [0.1, 0.15) is 5.75 Å². The second kappa shape index (κ2) is 8.87. The van der Waals surface area contributed by atoms with Crippen molar-refractivity contribution in [3.8, 4) is 23.0 Å². The van der Waals surface area contributed by atoms with Crippen LogP contribution in [0.1, 0.15) is 17.5 Å². The van der Waals surface area contributed by atoms with Crippen LogP contribution in [0.15, 0.2) is 42.5 Å². The fourth-order valence-electron chi connectivity index (χ4n) is 2.53. The van der Waals surface area contributed by atoms with Crippen LogP contribution < -0.4 is 18.9 Å². The van der Waals surface area contributed by atoms with Crippen molar-refractivity contribution >= 4 is 6.08 Å². The molecule has 0 aliphatic carbocycles. The van der Waals surface area contributed by atoms with Gasteiger partial charge in [0, 0.05) is 0 Å². The van der Waals surface area contributed by atoms with Crippen molar-refractivity contribution in [2.45, 2.75) is 12.8 Å². The summed E-state index contributed by atoms with van der Waals surface area (Å²) in [5, 5.41) is 0. The van der Waals surface area contributed by atoms with Gasteiger partial charge in [0.25, 0.3) is 0 Å². The van der Waals surface area contributed by atoms with Crippen LogP contribution in [0.4, 0.5) is 0 Å². The van der Waals surface area contributed by atoms with E-state index in [-0.39, 0.29) is 0 Å². The van der Waals surface area contributed by atoms with Gasteiger partial charge < -0.3 is 18.9 Å². The molecule has 0 aliphatic heterocycles. The van der Waals surface area contributed by atoms with E-state index in [0.717, 1.165) is 35.5 Å². The summed E-state index contributed by atoms with van der Waals surface area (Å²) >= 11 is 0. The number of benzene rings is 2. The van der Waals surface area contributed by atoms with Crippen molar-refractivity contribution in [1.29, 1.82) is 0 Å². The van der Waals surface area contributed by atoms with E-state index in [1.54, 1.807) is 28.4 Å². The van der Waals surface area contributed by atoms with E-state index < -0.39 is 0 Å². The molecule has 0 spiro atoms. The number of aryl methyl sites for hydroxylation is 1. The molecule has 0 bridgehead atoms. The number of allylic oxidation sites excluding steroid dienone is 1. The molecule has 0 atom stereocenters. The lowest BCUT2D eigenvalue weighted by Gasteiger charge is -2.15. The SMILES string of the molecule is COc1ccc(C=CCCc2ccc(OC)c(OC)c2OC)cc1. The van der Waals surface area contributed by atoms with Gasteiger partial charge in [0.2, 0.25) is 5.75 Å². The minimum atomic E-state index is 0.636. The van der Waals surface area contributed by atoms with Crippen molar-refractivity contribution in [3.05, 3.63) is 53.6 Å². The number of hydrogen-bond donors (Lipinski definition) is 0.